The molecule has 1 aromatic heterocycles. The molecule has 3 rings (SSSR count). The highest BCUT2D eigenvalue weighted by Crippen LogP contribution is 2.41. The number of hydrogen-bond acceptors (Lipinski definition) is 2. The summed E-state index contributed by atoms with van der Waals surface area (Å²) in [4.78, 5) is 16.4. The fourth-order valence-corrected chi connectivity index (χ4v) is 3.16. The van der Waals surface area contributed by atoms with Crippen molar-refractivity contribution in [2.45, 2.75) is 31.6 Å². The maximum absolute atomic E-state index is 12.0. The molecule has 3 heteroatoms. The smallest absolute Gasteiger partial charge is 0.314 e. The van der Waals surface area contributed by atoms with E-state index >= 15 is 0 Å². The van der Waals surface area contributed by atoms with Gasteiger partial charge in [-0.3, -0.25) is 9.78 Å². The van der Waals surface area contributed by atoms with Gasteiger partial charge in [-0.15, -0.1) is 0 Å². The number of benzene rings is 1. The van der Waals surface area contributed by atoms with Gasteiger partial charge < -0.3 is 5.11 Å². The Labute approximate surface area is 118 Å². The topological polar surface area (TPSA) is 50.2 Å². The van der Waals surface area contributed by atoms with E-state index < -0.39 is 11.4 Å². The predicted molar refractivity (Wildman–Crippen MR) is 76.8 cm³/mol. The van der Waals surface area contributed by atoms with E-state index in [-0.39, 0.29) is 0 Å². The monoisotopic (exact) mass is 267 g/mol. The molecular formula is C17H17NO2. The van der Waals surface area contributed by atoms with Crippen LogP contribution in [0.1, 0.15) is 28.8 Å². The van der Waals surface area contributed by atoms with Crippen LogP contribution in [0.3, 0.4) is 0 Å². The number of aromatic nitrogens is 1. The number of pyridine rings is 1. The highest BCUT2D eigenvalue weighted by molar-refractivity contribution is 5.83. The van der Waals surface area contributed by atoms with E-state index in [1.54, 1.807) is 6.20 Å². The predicted octanol–water partition coefficient (Wildman–Crippen LogP) is 2.90. The molecule has 3 nitrogen and oxygen atoms in total. The Morgan fingerprint density at radius 1 is 1.30 bits per heavy atom. The molecule has 0 saturated carbocycles. The van der Waals surface area contributed by atoms with Crippen molar-refractivity contribution in [1.82, 2.24) is 4.98 Å². The first-order chi connectivity index (χ1) is 9.63. The van der Waals surface area contributed by atoms with E-state index in [0.29, 0.717) is 12.8 Å². The van der Waals surface area contributed by atoms with Crippen molar-refractivity contribution >= 4 is 5.97 Å². The van der Waals surface area contributed by atoms with Gasteiger partial charge in [0.2, 0.25) is 0 Å². The molecule has 1 atom stereocenters. The molecule has 1 N–H and O–H groups in total. The fraction of sp³-hybridized carbons (Fsp3) is 0.294. The molecular weight excluding hydrogens is 250 g/mol. The summed E-state index contributed by atoms with van der Waals surface area (Å²) in [5.41, 5.74) is 3.22. The lowest BCUT2D eigenvalue weighted by atomic mass is 9.77. The van der Waals surface area contributed by atoms with Crippen molar-refractivity contribution < 1.29 is 9.90 Å². The van der Waals surface area contributed by atoms with Crippen LogP contribution < -0.4 is 0 Å². The summed E-state index contributed by atoms with van der Waals surface area (Å²) < 4.78 is 0. The van der Waals surface area contributed by atoms with E-state index in [1.165, 1.54) is 0 Å². The van der Waals surface area contributed by atoms with Crippen LogP contribution >= 0.6 is 0 Å². The number of fused-ring (bicyclic) bond motifs is 1. The molecule has 1 aliphatic rings. The maximum atomic E-state index is 12.0. The van der Waals surface area contributed by atoms with Gasteiger partial charge in [0.15, 0.2) is 0 Å². The van der Waals surface area contributed by atoms with Crippen molar-refractivity contribution in [3.05, 3.63) is 65.0 Å². The van der Waals surface area contributed by atoms with E-state index in [9.17, 15) is 9.90 Å². The van der Waals surface area contributed by atoms with Crippen LogP contribution in [-0.2, 0) is 23.1 Å². The first-order valence-corrected chi connectivity index (χ1v) is 6.86. The summed E-state index contributed by atoms with van der Waals surface area (Å²) in [7, 11) is 0. The average molecular weight is 267 g/mol. The number of carboxylic acid groups (broad SMARTS) is 1. The van der Waals surface area contributed by atoms with Crippen LogP contribution in [-0.4, -0.2) is 16.1 Å². The first-order valence-electron chi connectivity index (χ1n) is 6.86. The minimum absolute atomic E-state index is 0.464. The molecule has 1 aromatic carbocycles. The lowest BCUT2D eigenvalue weighted by molar-refractivity contribution is -0.143. The van der Waals surface area contributed by atoms with Gasteiger partial charge in [0.1, 0.15) is 0 Å². The lowest BCUT2D eigenvalue weighted by Crippen LogP contribution is -2.36. The summed E-state index contributed by atoms with van der Waals surface area (Å²) in [6, 6.07) is 11.8. The quantitative estimate of drug-likeness (QED) is 0.930. The normalized spacial score (nSPS) is 20.6. The second-order valence-electron chi connectivity index (χ2n) is 5.49. The van der Waals surface area contributed by atoms with Crippen molar-refractivity contribution in [3.63, 3.8) is 0 Å². The Balaban J connectivity index is 2.08. The van der Waals surface area contributed by atoms with Crippen LogP contribution in [0, 0.1) is 6.92 Å². The minimum atomic E-state index is -0.824. The maximum Gasteiger partial charge on any atom is 0.314 e. The highest BCUT2D eigenvalue weighted by Gasteiger charge is 2.45. The molecule has 102 valence electrons. The third-order valence-corrected chi connectivity index (χ3v) is 4.35. The number of nitrogens with zero attached hydrogens (tertiary/aromatic N) is 1. The van der Waals surface area contributed by atoms with Crippen molar-refractivity contribution in [2.24, 2.45) is 0 Å². The number of aryl methyl sites for hydroxylation is 2. The summed E-state index contributed by atoms with van der Waals surface area (Å²) in [6.45, 7) is 1.98. The Kier molecular flexibility index (Phi) is 3.05. The van der Waals surface area contributed by atoms with Gasteiger partial charge in [-0.05, 0) is 42.5 Å². The van der Waals surface area contributed by atoms with E-state index in [0.717, 1.165) is 28.8 Å². The summed E-state index contributed by atoms with van der Waals surface area (Å²) >= 11 is 0. The van der Waals surface area contributed by atoms with Crippen molar-refractivity contribution in [1.29, 1.82) is 0 Å². The molecule has 0 bridgehead atoms. The Morgan fingerprint density at radius 2 is 2.10 bits per heavy atom. The van der Waals surface area contributed by atoms with Crippen LogP contribution in [0.4, 0.5) is 0 Å². The summed E-state index contributed by atoms with van der Waals surface area (Å²) in [6.07, 6.45) is 3.68. The summed E-state index contributed by atoms with van der Waals surface area (Å²) in [5, 5.41) is 9.83. The molecule has 20 heavy (non-hydrogen) atoms. The van der Waals surface area contributed by atoms with Crippen LogP contribution in [0.15, 0.2) is 42.6 Å². The molecule has 0 radical (unpaired) electrons. The van der Waals surface area contributed by atoms with E-state index in [2.05, 4.69) is 4.98 Å². The zero-order chi connectivity index (χ0) is 14.2. The molecule has 2 aromatic rings. The van der Waals surface area contributed by atoms with Gasteiger partial charge in [0.05, 0.1) is 5.41 Å². The number of rotatable bonds is 3. The molecule has 0 saturated heterocycles. The van der Waals surface area contributed by atoms with Gasteiger partial charge in [-0.2, -0.15) is 0 Å². The Morgan fingerprint density at radius 3 is 2.85 bits per heavy atom. The third-order valence-electron chi connectivity index (χ3n) is 4.35. The number of carbonyl (C=O) groups is 1. The van der Waals surface area contributed by atoms with E-state index in [4.69, 9.17) is 0 Å². The van der Waals surface area contributed by atoms with Crippen LogP contribution in [0.2, 0.25) is 0 Å². The second-order valence-corrected chi connectivity index (χ2v) is 5.49. The highest BCUT2D eigenvalue weighted by atomic mass is 16.4. The van der Waals surface area contributed by atoms with Gasteiger partial charge in [-0.25, -0.2) is 0 Å². The Bertz CT molecular complexity index is 666. The minimum Gasteiger partial charge on any atom is -0.481 e. The molecule has 0 aliphatic heterocycles. The van der Waals surface area contributed by atoms with Gasteiger partial charge >= 0.3 is 5.97 Å². The zero-order valence-corrected chi connectivity index (χ0v) is 11.5. The lowest BCUT2D eigenvalue weighted by Gasteiger charge is -2.26. The van der Waals surface area contributed by atoms with Gasteiger partial charge in [0.25, 0.3) is 0 Å². The van der Waals surface area contributed by atoms with Gasteiger partial charge in [0, 0.05) is 18.3 Å². The first kappa shape index (κ1) is 12.9. The van der Waals surface area contributed by atoms with Crippen LogP contribution in [0.25, 0.3) is 0 Å². The molecule has 0 spiro atoms. The fourth-order valence-electron chi connectivity index (χ4n) is 3.16. The molecule has 1 heterocycles. The molecule has 0 fully saturated rings. The number of aliphatic carboxylic acids is 1. The molecule has 0 amide bonds. The van der Waals surface area contributed by atoms with Gasteiger partial charge in [-0.1, -0.05) is 30.3 Å². The van der Waals surface area contributed by atoms with E-state index in [1.807, 2.05) is 43.3 Å². The number of carboxylic acids is 1. The Hall–Kier alpha value is -2.16. The summed E-state index contributed by atoms with van der Waals surface area (Å²) in [5.74, 6) is -0.743. The standard InChI is InChI=1S/C17H17NO2/c1-12-5-4-10-18-15(12)11-17(16(19)20)9-8-13-6-2-3-7-14(13)17/h2-7,10H,8-9,11H2,1H3,(H,19,20). The largest absolute Gasteiger partial charge is 0.481 e. The number of hydrogen-bond donors (Lipinski definition) is 1. The van der Waals surface area contributed by atoms with Crippen molar-refractivity contribution in [3.8, 4) is 0 Å². The molecule has 1 unspecified atom stereocenters. The van der Waals surface area contributed by atoms with Crippen molar-refractivity contribution in [2.75, 3.05) is 0 Å². The zero-order valence-electron chi connectivity index (χ0n) is 11.5. The molecule has 1 aliphatic carbocycles. The SMILES string of the molecule is Cc1cccnc1CC1(C(=O)O)CCc2ccccc21. The average Bonchev–Trinajstić information content (AvgIpc) is 2.82. The third kappa shape index (κ3) is 1.90. The van der Waals surface area contributed by atoms with Crippen LogP contribution in [0.5, 0.6) is 0 Å². The second kappa shape index (κ2) is 4.75.